The maximum Gasteiger partial charge on any atom is 0.0677 e. The monoisotopic (exact) mass is 277 g/mol. The first-order valence-electron chi connectivity index (χ1n) is 6.59. The second kappa shape index (κ2) is 6.22. The third-order valence-electron chi connectivity index (χ3n) is 3.30. The quantitative estimate of drug-likeness (QED) is 0.909. The second-order valence-corrected chi connectivity index (χ2v) is 5.20. The van der Waals surface area contributed by atoms with Gasteiger partial charge in [-0.1, -0.05) is 30.7 Å². The molecule has 0 aliphatic carbocycles. The number of halogens is 1. The summed E-state index contributed by atoms with van der Waals surface area (Å²) in [6, 6.07) is 6.15. The molecule has 2 aromatic rings. The Labute approximate surface area is 119 Å². The van der Waals surface area contributed by atoms with E-state index in [1.807, 2.05) is 23.9 Å². The zero-order valence-corrected chi connectivity index (χ0v) is 12.5. The number of aromatic nitrogens is 2. The average molecular weight is 278 g/mol. The molecule has 0 radical (unpaired) electrons. The first kappa shape index (κ1) is 14.1. The summed E-state index contributed by atoms with van der Waals surface area (Å²) >= 11 is 6.27. The topological polar surface area (TPSA) is 29.9 Å². The van der Waals surface area contributed by atoms with Gasteiger partial charge in [-0.25, -0.2) is 0 Å². The van der Waals surface area contributed by atoms with Crippen molar-refractivity contribution in [3.8, 4) is 0 Å². The fourth-order valence-electron chi connectivity index (χ4n) is 2.02. The Morgan fingerprint density at radius 1 is 1.26 bits per heavy atom. The number of nitrogens with zero attached hydrogens (tertiary/aromatic N) is 2. The predicted molar refractivity (Wildman–Crippen MR) is 79.6 cm³/mol. The molecule has 19 heavy (non-hydrogen) atoms. The number of hydrogen-bond donors (Lipinski definition) is 1. The van der Waals surface area contributed by atoms with Gasteiger partial charge in [-0.3, -0.25) is 4.68 Å². The number of hydrogen-bond acceptors (Lipinski definition) is 2. The van der Waals surface area contributed by atoms with Crippen molar-refractivity contribution in [1.29, 1.82) is 0 Å². The summed E-state index contributed by atoms with van der Waals surface area (Å²) in [7, 11) is 0. The van der Waals surface area contributed by atoms with E-state index in [-0.39, 0.29) is 0 Å². The summed E-state index contributed by atoms with van der Waals surface area (Å²) in [6.45, 7) is 8.80. The van der Waals surface area contributed by atoms with Gasteiger partial charge in [0.05, 0.1) is 12.7 Å². The lowest BCUT2D eigenvalue weighted by Crippen LogP contribution is -2.12. The third kappa shape index (κ3) is 3.37. The van der Waals surface area contributed by atoms with E-state index in [1.165, 1.54) is 16.8 Å². The van der Waals surface area contributed by atoms with E-state index in [0.717, 1.165) is 30.2 Å². The number of nitrogens with one attached hydrogen (secondary N) is 1. The highest BCUT2D eigenvalue weighted by Gasteiger charge is 2.08. The van der Waals surface area contributed by atoms with E-state index in [9.17, 15) is 0 Å². The molecular formula is C15H20ClN3. The molecule has 0 fully saturated rings. The Bertz CT molecular complexity index is 561. The number of benzene rings is 1. The van der Waals surface area contributed by atoms with Gasteiger partial charge in [0.15, 0.2) is 0 Å². The molecule has 4 heteroatoms. The molecular weight excluding hydrogens is 258 g/mol. The van der Waals surface area contributed by atoms with Crippen LogP contribution in [0.1, 0.15) is 29.3 Å². The Morgan fingerprint density at radius 3 is 2.74 bits per heavy atom. The average Bonchev–Trinajstić information content (AvgIpc) is 2.72. The SMILES string of the molecule is CCNCc1cnn(Cc2ccc(C)cc2Cl)c1C. The fourth-order valence-corrected chi connectivity index (χ4v) is 2.31. The minimum atomic E-state index is 0.719. The molecule has 0 amide bonds. The maximum atomic E-state index is 6.27. The molecule has 1 N–H and O–H groups in total. The first-order chi connectivity index (χ1) is 9.11. The van der Waals surface area contributed by atoms with Crippen molar-refractivity contribution in [3.05, 3.63) is 51.8 Å². The lowest BCUT2D eigenvalue weighted by atomic mass is 10.1. The third-order valence-corrected chi connectivity index (χ3v) is 3.65. The van der Waals surface area contributed by atoms with E-state index in [1.54, 1.807) is 0 Å². The van der Waals surface area contributed by atoms with E-state index < -0.39 is 0 Å². The molecule has 0 unspecified atom stereocenters. The van der Waals surface area contributed by atoms with Crippen molar-refractivity contribution < 1.29 is 0 Å². The zero-order valence-electron chi connectivity index (χ0n) is 11.7. The summed E-state index contributed by atoms with van der Waals surface area (Å²) in [4.78, 5) is 0. The molecule has 102 valence electrons. The lowest BCUT2D eigenvalue weighted by Gasteiger charge is -2.08. The molecule has 2 rings (SSSR count). The molecule has 3 nitrogen and oxygen atoms in total. The predicted octanol–water partition coefficient (Wildman–Crippen LogP) is 3.31. The van der Waals surface area contributed by atoms with E-state index in [2.05, 4.69) is 36.4 Å². The first-order valence-corrected chi connectivity index (χ1v) is 6.96. The molecule has 1 heterocycles. The van der Waals surface area contributed by atoms with Gasteiger partial charge >= 0.3 is 0 Å². The standard InChI is InChI=1S/C15H20ClN3/c1-4-17-8-14-9-18-19(12(14)3)10-13-6-5-11(2)7-15(13)16/h5-7,9,17H,4,8,10H2,1-3H3. The Morgan fingerprint density at radius 2 is 2.05 bits per heavy atom. The van der Waals surface area contributed by atoms with Gasteiger partial charge in [0.1, 0.15) is 0 Å². The van der Waals surface area contributed by atoms with Crippen LogP contribution in [0.4, 0.5) is 0 Å². The Kier molecular flexibility index (Phi) is 4.61. The van der Waals surface area contributed by atoms with E-state index >= 15 is 0 Å². The summed E-state index contributed by atoms with van der Waals surface area (Å²) in [5.41, 5.74) is 4.72. The van der Waals surface area contributed by atoms with Crippen molar-refractivity contribution in [2.24, 2.45) is 0 Å². The maximum absolute atomic E-state index is 6.27. The fraction of sp³-hybridized carbons (Fsp3) is 0.400. The normalized spacial score (nSPS) is 10.9. The van der Waals surface area contributed by atoms with Crippen LogP contribution in [0.15, 0.2) is 24.4 Å². The number of aryl methyl sites for hydroxylation is 1. The molecule has 0 spiro atoms. The van der Waals surface area contributed by atoms with Gasteiger partial charge in [0.25, 0.3) is 0 Å². The molecule has 0 aliphatic rings. The van der Waals surface area contributed by atoms with Crippen LogP contribution < -0.4 is 5.32 Å². The van der Waals surface area contributed by atoms with E-state index in [0.29, 0.717) is 0 Å². The molecule has 1 aromatic heterocycles. The van der Waals surface area contributed by atoms with Gasteiger partial charge in [-0.2, -0.15) is 5.10 Å². The van der Waals surface area contributed by atoms with Gasteiger partial charge in [-0.15, -0.1) is 0 Å². The van der Waals surface area contributed by atoms with Gasteiger partial charge < -0.3 is 5.32 Å². The smallest absolute Gasteiger partial charge is 0.0677 e. The van der Waals surface area contributed by atoms with Crippen LogP contribution in [0.25, 0.3) is 0 Å². The van der Waals surface area contributed by atoms with Crippen LogP contribution in [0.3, 0.4) is 0 Å². The molecule has 0 aliphatic heterocycles. The van der Waals surface area contributed by atoms with Crippen LogP contribution in [0, 0.1) is 13.8 Å². The van der Waals surface area contributed by atoms with Crippen molar-refractivity contribution in [3.63, 3.8) is 0 Å². The summed E-state index contributed by atoms with van der Waals surface area (Å²) in [6.07, 6.45) is 1.93. The van der Waals surface area contributed by atoms with Crippen LogP contribution in [0.5, 0.6) is 0 Å². The highest BCUT2D eigenvalue weighted by atomic mass is 35.5. The van der Waals surface area contributed by atoms with Crippen LogP contribution in [-0.4, -0.2) is 16.3 Å². The van der Waals surface area contributed by atoms with Crippen molar-refractivity contribution >= 4 is 11.6 Å². The van der Waals surface area contributed by atoms with Crippen molar-refractivity contribution in [2.75, 3.05) is 6.54 Å². The molecule has 0 saturated carbocycles. The Hall–Kier alpha value is -1.32. The largest absolute Gasteiger partial charge is 0.313 e. The molecule has 0 atom stereocenters. The zero-order chi connectivity index (χ0) is 13.8. The number of rotatable bonds is 5. The summed E-state index contributed by atoms with van der Waals surface area (Å²) < 4.78 is 2.00. The van der Waals surface area contributed by atoms with E-state index in [4.69, 9.17) is 11.6 Å². The minimum Gasteiger partial charge on any atom is -0.313 e. The lowest BCUT2D eigenvalue weighted by molar-refractivity contribution is 0.659. The molecule has 0 saturated heterocycles. The second-order valence-electron chi connectivity index (χ2n) is 4.79. The Balaban J connectivity index is 2.17. The van der Waals surface area contributed by atoms with Crippen molar-refractivity contribution in [2.45, 2.75) is 33.9 Å². The molecule has 0 bridgehead atoms. The van der Waals surface area contributed by atoms with Crippen LogP contribution in [0.2, 0.25) is 5.02 Å². The van der Waals surface area contributed by atoms with Gasteiger partial charge in [0, 0.05) is 22.8 Å². The van der Waals surface area contributed by atoms with Crippen molar-refractivity contribution in [1.82, 2.24) is 15.1 Å². The highest BCUT2D eigenvalue weighted by Crippen LogP contribution is 2.19. The minimum absolute atomic E-state index is 0.719. The van der Waals surface area contributed by atoms with Gasteiger partial charge in [-0.05, 0) is 37.6 Å². The summed E-state index contributed by atoms with van der Waals surface area (Å²) in [5.74, 6) is 0. The van der Waals surface area contributed by atoms with Crippen LogP contribution in [-0.2, 0) is 13.1 Å². The highest BCUT2D eigenvalue weighted by molar-refractivity contribution is 6.31. The van der Waals surface area contributed by atoms with Gasteiger partial charge in [0.2, 0.25) is 0 Å². The van der Waals surface area contributed by atoms with Crippen LogP contribution >= 0.6 is 11.6 Å². The molecule has 1 aromatic carbocycles. The summed E-state index contributed by atoms with van der Waals surface area (Å²) in [5, 5.41) is 8.58.